The van der Waals surface area contributed by atoms with E-state index in [1.807, 2.05) is 37.3 Å². The third-order valence-electron chi connectivity index (χ3n) is 3.07. The van der Waals surface area contributed by atoms with Crippen molar-refractivity contribution in [3.05, 3.63) is 47.6 Å². The minimum Gasteiger partial charge on any atom is -0.339 e. The summed E-state index contributed by atoms with van der Waals surface area (Å²) >= 11 is 0. The molecule has 0 aliphatic carbocycles. The summed E-state index contributed by atoms with van der Waals surface area (Å²) in [5.74, 6) is 1.40. The van der Waals surface area contributed by atoms with Crippen molar-refractivity contribution < 1.29 is 4.52 Å². The molecule has 2 N–H and O–H groups in total. The molecule has 4 nitrogen and oxygen atoms in total. The zero-order valence-electron chi connectivity index (χ0n) is 10.8. The Morgan fingerprint density at radius 2 is 2.00 bits per heavy atom. The average Bonchev–Trinajstić information content (AvgIpc) is 2.87. The molecular formula is C14H19N3O. The lowest BCUT2D eigenvalue weighted by atomic mass is 9.95. The van der Waals surface area contributed by atoms with E-state index in [4.69, 9.17) is 10.3 Å². The van der Waals surface area contributed by atoms with Gasteiger partial charge in [0.25, 0.3) is 0 Å². The van der Waals surface area contributed by atoms with Crippen LogP contribution in [0.25, 0.3) is 0 Å². The summed E-state index contributed by atoms with van der Waals surface area (Å²) in [7, 11) is 0. The fourth-order valence-corrected chi connectivity index (χ4v) is 1.90. The van der Waals surface area contributed by atoms with E-state index in [1.54, 1.807) is 0 Å². The van der Waals surface area contributed by atoms with Gasteiger partial charge in [0.05, 0.1) is 5.92 Å². The molecule has 2 atom stereocenters. The first-order chi connectivity index (χ1) is 8.72. The Kier molecular flexibility index (Phi) is 4.10. The number of aromatic nitrogens is 2. The highest BCUT2D eigenvalue weighted by atomic mass is 16.5. The van der Waals surface area contributed by atoms with Crippen molar-refractivity contribution in [2.75, 3.05) is 0 Å². The van der Waals surface area contributed by atoms with Gasteiger partial charge >= 0.3 is 0 Å². The summed E-state index contributed by atoms with van der Waals surface area (Å²) in [6, 6.07) is 9.86. The van der Waals surface area contributed by atoms with E-state index in [2.05, 4.69) is 17.1 Å². The Hall–Kier alpha value is -1.68. The van der Waals surface area contributed by atoms with E-state index in [0.717, 1.165) is 24.2 Å². The summed E-state index contributed by atoms with van der Waals surface area (Å²) in [6.45, 7) is 4.11. The first-order valence-electron chi connectivity index (χ1n) is 6.35. The first-order valence-corrected chi connectivity index (χ1v) is 6.35. The van der Waals surface area contributed by atoms with Gasteiger partial charge in [-0.25, -0.2) is 0 Å². The molecule has 0 radical (unpaired) electrons. The van der Waals surface area contributed by atoms with Crippen LogP contribution in [-0.4, -0.2) is 10.1 Å². The molecule has 2 rings (SSSR count). The Balaban J connectivity index is 2.12. The Morgan fingerprint density at radius 3 is 2.67 bits per heavy atom. The van der Waals surface area contributed by atoms with Gasteiger partial charge in [0.2, 0.25) is 5.89 Å². The number of nitrogens with zero attached hydrogens (tertiary/aromatic N) is 2. The highest BCUT2D eigenvalue weighted by molar-refractivity contribution is 5.21. The molecule has 4 heteroatoms. The first kappa shape index (κ1) is 12.8. The third-order valence-corrected chi connectivity index (χ3v) is 3.07. The fraction of sp³-hybridized carbons (Fsp3) is 0.429. The Morgan fingerprint density at radius 1 is 1.28 bits per heavy atom. The quantitative estimate of drug-likeness (QED) is 0.879. The van der Waals surface area contributed by atoms with Crippen LogP contribution in [0, 0.1) is 0 Å². The molecule has 96 valence electrons. The largest absolute Gasteiger partial charge is 0.339 e. The van der Waals surface area contributed by atoms with Gasteiger partial charge in [-0.05, 0) is 12.0 Å². The maximum Gasteiger partial charge on any atom is 0.231 e. The number of benzene rings is 1. The summed E-state index contributed by atoms with van der Waals surface area (Å²) < 4.78 is 5.28. The van der Waals surface area contributed by atoms with E-state index < -0.39 is 0 Å². The summed E-state index contributed by atoms with van der Waals surface area (Å²) in [6.07, 6.45) is 1.86. The number of aryl methyl sites for hydroxylation is 1. The zero-order valence-corrected chi connectivity index (χ0v) is 10.8. The lowest BCUT2D eigenvalue weighted by Crippen LogP contribution is -2.17. The van der Waals surface area contributed by atoms with Crippen LogP contribution in [0.15, 0.2) is 34.9 Å². The second-order valence-electron chi connectivity index (χ2n) is 4.52. The van der Waals surface area contributed by atoms with Gasteiger partial charge in [-0.1, -0.05) is 49.3 Å². The maximum absolute atomic E-state index is 6.23. The van der Waals surface area contributed by atoms with Crippen molar-refractivity contribution in [1.29, 1.82) is 0 Å². The van der Waals surface area contributed by atoms with Gasteiger partial charge in [0.15, 0.2) is 5.82 Å². The van der Waals surface area contributed by atoms with Crippen molar-refractivity contribution >= 4 is 0 Å². The minimum atomic E-state index is -0.124. The smallest absolute Gasteiger partial charge is 0.231 e. The number of hydrogen-bond acceptors (Lipinski definition) is 4. The van der Waals surface area contributed by atoms with Crippen molar-refractivity contribution in [3.8, 4) is 0 Å². The third kappa shape index (κ3) is 2.76. The van der Waals surface area contributed by atoms with E-state index in [-0.39, 0.29) is 12.0 Å². The van der Waals surface area contributed by atoms with Gasteiger partial charge in [-0.15, -0.1) is 0 Å². The molecule has 0 aliphatic heterocycles. The van der Waals surface area contributed by atoms with E-state index >= 15 is 0 Å². The van der Waals surface area contributed by atoms with Crippen LogP contribution in [-0.2, 0) is 6.42 Å². The van der Waals surface area contributed by atoms with Crippen molar-refractivity contribution in [1.82, 2.24) is 10.1 Å². The van der Waals surface area contributed by atoms with Gasteiger partial charge in [-0.3, -0.25) is 0 Å². The Bertz CT molecular complexity index is 481. The number of rotatable bonds is 5. The van der Waals surface area contributed by atoms with E-state index in [0.29, 0.717) is 5.89 Å². The van der Waals surface area contributed by atoms with Crippen molar-refractivity contribution in [3.63, 3.8) is 0 Å². The van der Waals surface area contributed by atoms with Crippen LogP contribution in [0.2, 0.25) is 0 Å². The van der Waals surface area contributed by atoms with Crippen LogP contribution in [0.1, 0.15) is 49.5 Å². The molecule has 0 amide bonds. The topological polar surface area (TPSA) is 64.9 Å². The average molecular weight is 245 g/mol. The second-order valence-corrected chi connectivity index (χ2v) is 4.52. The van der Waals surface area contributed by atoms with Crippen LogP contribution >= 0.6 is 0 Å². The predicted octanol–water partition coefficient (Wildman–Crippen LogP) is 2.83. The van der Waals surface area contributed by atoms with E-state index in [9.17, 15) is 0 Å². The predicted molar refractivity (Wildman–Crippen MR) is 70.1 cm³/mol. The minimum absolute atomic E-state index is 0.0190. The van der Waals surface area contributed by atoms with E-state index in [1.165, 1.54) is 0 Å². The molecule has 1 aromatic heterocycles. The van der Waals surface area contributed by atoms with Gasteiger partial charge in [0.1, 0.15) is 0 Å². The molecule has 0 bridgehead atoms. The fourth-order valence-electron chi connectivity index (χ4n) is 1.90. The summed E-state index contributed by atoms with van der Waals surface area (Å²) in [5.41, 5.74) is 7.31. The van der Waals surface area contributed by atoms with Crippen LogP contribution < -0.4 is 5.73 Å². The Labute approximate surface area is 107 Å². The van der Waals surface area contributed by atoms with Crippen molar-refractivity contribution in [2.45, 2.75) is 38.6 Å². The summed E-state index contributed by atoms with van der Waals surface area (Å²) in [4.78, 5) is 4.39. The van der Waals surface area contributed by atoms with Gasteiger partial charge < -0.3 is 10.3 Å². The molecule has 1 aromatic carbocycles. The van der Waals surface area contributed by atoms with Gasteiger partial charge in [0, 0.05) is 12.5 Å². The SMILES string of the molecule is CCCc1noc(C(C)C(N)c2ccccc2)n1. The van der Waals surface area contributed by atoms with Crippen LogP contribution in [0.4, 0.5) is 0 Å². The molecule has 0 spiro atoms. The highest BCUT2D eigenvalue weighted by Gasteiger charge is 2.22. The molecular weight excluding hydrogens is 226 g/mol. The number of hydrogen-bond donors (Lipinski definition) is 1. The normalized spacial score (nSPS) is 14.4. The maximum atomic E-state index is 6.23. The highest BCUT2D eigenvalue weighted by Crippen LogP contribution is 2.27. The monoisotopic (exact) mass is 245 g/mol. The zero-order chi connectivity index (χ0) is 13.0. The molecule has 0 saturated heterocycles. The summed E-state index contributed by atoms with van der Waals surface area (Å²) in [5, 5.41) is 3.96. The van der Waals surface area contributed by atoms with Gasteiger partial charge in [-0.2, -0.15) is 4.98 Å². The standard InChI is InChI=1S/C14H19N3O/c1-3-7-12-16-14(18-17-12)10(2)13(15)11-8-5-4-6-9-11/h4-6,8-10,13H,3,7,15H2,1-2H3. The molecule has 0 fully saturated rings. The molecule has 18 heavy (non-hydrogen) atoms. The molecule has 1 heterocycles. The molecule has 2 aromatic rings. The second kappa shape index (κ2) is 5.78. The van der Waals surface area contributed by atoms with Crippen LogP contribution in [0.3, 0.4) is 0 Å². The number of nitrogens with two attached hydrogens (primary N) is 1. The molecule has 0 saturated carbocycles. The molecule has 0 aliphatic rings. The molecule has 2 unspecified atom stereocenters. The van der Waals surface area contributed by atoms with Crippen LogP contribution in [0.5, 0.6) is 0 Å². The lowest BCUT2D eigenvalue weighted by Gasteiger charge is -2.16. The van der Waals surface area contributed by atoms with Crippen molar-refractivity contribution in [2.24, 2.45) is 5.73 Å². The lowest BCUT2D eigenvalue weighted by molar-refractivity contribution is 0.340.